The fraction of sp³-hybridized carbons (Fsp3) is 1.00. The number of hydrogen-bond donors (Lipinski definition) is 0. The molecule has 0 heterocycles. The van der Waals surface area contributed by atoms with Crippen molar-refractivity contribution in [2.24, 2.45) is 0 Å². The van der Waals surface area contributed by atoms with Gasteiger partial charge in [0.25, 0.3) is 0 Å². The molecule has 0 bridgehead atoms. The Morgan fingerprint density at radius 1 is 1.25 bits per heavy atom. The maximum Gasteiger partial charge on any atom is 0.500 e. The lowest BCUT2D eigenvalue weighted by atomic mass is 10.1. The molecule has 0 aromatic heterocycles. The van der Waals surface area contributed by atoms with E-state index < -0.39 is 14.8 Å². The molecule has 6 nitrogen and oxygen atoms in total. The van der Waals surface area contributed by atoms with Crippen LogP contribution in [0.3, 0.4) is 0 Å². The molecular formula is C9H21NO5Si. The molecule has 0 saturated carbocycles. The van der Waals surface area contributed by atoms with Crippen LogP contribution in [0.15, 0.2) is 0 Å². The molecule has 0 aliphatic heterocycles. The standard InChI is InChI=1S/C9H21NO5Si/c1-5-9(10(11)12)7-6-8-16(13-2,14-3)15-4/h9H,5-8H2,1-4H3. The van der Waals surface area contributed by atoms with Crippen molar-refractivity contribution < 1.29 is 18.2 Å². The highest BCUT2D eigenvalue weighted by atomic mass is 28.4. The summed E-state index contributed by atoms with van der Waals surface area (Å²) in [6.07, 6.45) is 1.77. The molecule has 0 aliphatic carbocycles. The van der Waals surface area contributed by atoms with Crippen LogP contribution in [-0.4, -0.2) is 41.1 Å². The van der Waals surface area contributed by atoms with Crippen LogP contribution in [0.4, 0.5) is 0 Å². The first-order valence-corrected chi connectivity index (χ1v) is 7.27. The maximum absolute atomic E-state index is 10.6. The van der Waals surface area contributed by atoms with E-state index in [-0.39, 0.29) is 4.92 Å². The van der Waals surface area contributed by atoms with E-state index in [4.69, 9.17) is 13.3 Å². The molecule has 0 N–H and O–H groups in total. The lowest BCUT2D eigenvalue weighted by Gasteiger charge is -2.24. The molecule has 7 heteroatoms. The van der Waals surface area contributed by atoms with E-state index in [2.05, 4.69) is 0 Å². The minimum atomic E-state index is -2.55. The fourth-order valence-corrected chi connectivity index (χ4v) is 3.32. The summed E-state index contributed by atoms with van der Waals surface area (Å²) in [6.45, 7) is 1.82. The normalized spacial score (nSPS) is 13.8. The van der Waals surface area contributed by atoms with Crippen molar-refractivity contribution in [1.29, 1.82) is 0 Å². The zero-order valence-electron chi connectivity index (χ0n) is 10.4. The Morgan fingerprint density at radius 2 is 1.75 bits per heavy atom. The summed E-state index contributed by atoms with van der Waals surface area (Å²) < 4.78 is 15.7. The molecule has 16 heavy (non-hydrogen) atoms. The molecule has 0 fully saturated rings. The molecule has 96 valence electrons. The Bertz CT molecular complexity index is 202. The van der Waals surface area contributed by atoms with Crippen LogP contribution < -0.4 is 0 Å². The summed E-state index contributed by atoms with van der Waals surface area (Å²) in [5.74, 6) is 0. The Hall–Kier alpha value is -0.503. The van der Waals surface area contributed by atoms with Crippen molar-refractivity contribution in [2.45, 2.75) is 38.3 Å². The largest absolute Gasteiger partial charge is 0.500 e. The second-order valence-electron chi connectivity index (χ2n) is 3.54. The minimum Gasteiger partial charge on any atom is -0.377 e. The zero-order valence-corrected chi connectivity index (χ0v) is 11.4. The highest BCUT2D eigenvalue weighted by Gasteiger charge is 2.37. The number of nitrogens with zero attached hydrogens (tertiary/aromatic N) is 1. The van der Waals surface area contributed by atoms with Crippen LogP contribution in [0.1, 0.15) is 26.2 Å². The zero-order chi connectivity index (χ0) is 12.6. The molecule has 1 atom stereocenters. The molecule has 0 radical (unpaired) electrons. The Morgan fingerprint density at radius 3 is 2.06 bits per heavy atom. The molecule has 1 unspecified atom stereocenters. The number of rotatable bonds is 9. The van der Waals surface area contributed by atoms with Gasteiger partial charge in [0.2, 0.25) is 6.04 Å². The topological polar surface area (TPSA) is 70.8 Å². The highest BCUT2D eigenvalue weighted by molar-refractivity contribution is 6.60. The van der Waals surface area contributed by atoms with Crippen molar-refractivity contribution >= 4 is 8.80 Å². The second-order valence-corrected chi connectivity index (χ2v) is 6.63. The van der Waals surface area contributed by atoms with Crippen LogP contribution in [0, 0.1) is 10.1 Å². The van der Waals surface area contributed by atoms with E-state index in [0.29, 0.717) is 25.3 Å². The van der Waals surface area contributed by atoms with Crippen LogP contribution in [-0.2, 0) is 13.3 Å². The van der Waals surface area contributed by atoms with E-state index >= 15 is 0 Å². The van der Waals surface area contributed by atoms with Crippen molar-refractivity contribution in [1.82, 2.24) is 0 Å². The van der Waals surface area contributed by atoms with Crippen LogP contribution in [0.2, 0.25) is 6.04 Å². The molecular weight excluding hydrogens is 230 g/mol. The summed E-state index contributed by atoms with van der Waals surface area (Å²) >= 11 is 0. The van der Waals surface area contributed by atoms with Crippen molar-refractivity contribution in [3.05, 3.63) is 10.1 Å². The second kappa shape index (κ2) is 7.72. The lowest BCUT2D eigenvalue weighted by Crippen LogP contribution is -2.42. The molecule has 0 aromatic carbocycles. The van der Waals surface area contributed by atoms with E-state index in [0.717, 1.165) is 0 Å². The van der Waals surface area contributed by atoms with Gasteiger partial charge in [-0.1, -0.05) is 6.92 Å². The number of hydrogen-bond acceptors (Lipinski definition) is 5. The van der Waals surface area contributed by atoms with Crippen molar-refractivity contribution in [3.8, 4) is 0 Å². The number of nitro groups is 1. The SMILES string of the molecule is CCC(CCC[Si](OC)(OC)OC)[N+](=O)[O-]. The summed E-state index contributed by atoms with van der Waals surface area (Å²) in [6, 6.07) is 0.137. The molecule has 0 amide bonds. The van der Waals surface area contributed by atoms with Crippen molar-refractivity contribution in [3.63, 3.8) is 0 Å². The Labute approximate surface area is 97.4 Å². The minimum absolute atomic E-state index is 0.227. The highest BCUT2D eigenvalue weighted by Crippen LogP contribution is 2.18. The van der Waals surface area contributed by atoms with Crippen LogP contribution in [0.5, 0.6) is 0 Å². The van der Waals surface area contributed by atoms with Gasteiger partial charge in [-0.15, -0.1) is 0 Å². The van der Waals surface area contributed by atoms with Gasteiger partial charge in [0, 0.05) is 45.1 Å². The summed E-state index contributed by atoms with van der Waals surface area (Å²) in [5, 5.41) is 10.6. The summed E-state index contributed by atoms with van der Waals surface area (Å²) in [5.41, 5.74) is 0. The molecule has 0 spiro atoms. The molecule has 0 rings (SSSR count). The monoisotopic (exact) mass is 251 g/mol. The smallest absolute Gasteiger partial charge is 0.377 e. The van der Waals surface area contributed by atoms with Gasteiger partial charge in [-0.2, -0.15) is 0 Å². The first kappa shape index (κ1) is 15.5. The van der Waals surface area contributed by atoms with Gasteiger partial charge in [-0.25, -0.2) is 0 Å². The fourth-order valence-electron chi connectivity index (χ4n) is 1.57. The third kappa shape index (κ3) is 4.56. The van der Waals surface area contributed by atoms with Gasteiger partial charge < -0.3 is 13.3 Å². The van der Waals surface area contributed by atoms with Gasteiger partial charge >= 0.3 is 8.80 Å². The third-order valence-corrected chi connectivity index (χ3v) is 5.55. The molecule has 0 aromatic rings. The molecule has 0 saturated heterocycles. The maximum atomic E-state index is 10.6. The molecule has 0 aliphatic rings. The predicted octanol–water partition coefficient (Wildman–Crippen LogP) is 1.70. The lowest BCUT2D eigenvalue weighted by molar-refractivity contribution is -0.523. The van der Waals surface area contributed by atoms with Gasteiger partial charge in [0.1, 0.15) is 0 Å². The Balaban J connectivity index is 4.07. The van der Waals surface area contributed by atoms with Crippen molar-refractivity contribution in [2.75, 3.05) is 21.3 Å². The van der Waals surface area contributed by atoms with E-state index in [1.807, 2.05) is 6.92 Å². The third-order valence-electron chi connectivity index (χ3n) is 2.72. The van der Waals surface area contributed by atoms with E-state index in [1.165, 1.54) is 0 Å². The summed E-state index contributed by atoms with van der Waals surface area (Å²) in [4.78, 5) is 10.4. The average molecular weight is 251 g/mol. The quantitative estimate of drug-likeness (QED) is 0.354. The van der Waals surface area contributed by atoms with Gasteiger partial charge in [-0.05, 0) is 6.42 Å². The van der Waals surface area contributed by atoms with Gasteiger partial charge in [0.15, 0.2) is 0 Å². The first-order valence-electron chi connectivity index (χ1n) is 5.34. The van der Waals surface area contributed by atoms with Crippen LogP contribution in [0.25, 0.3) is 0 Å². The van der Waals surface area contributed by atoms with Gasteiger partial charge in [0.05, 0.1) is 0 Å². The van der Waals surface area contributed by atoms with E-state index in [1.54, 1.807) is 21.3 Å². The van der Waals surface area contributed by atoms with Gasteiger partial charge in [-0.3, -0.25) is 10.1 Å². The predicted molar refractivity (Wildman–Crippen MR) is 61.9 cm³/mol. The van der Waals surface area contributed by atoms with E-state index in [9.17, 15) is 10.1 Å². The Kier molecular flexibility index (Phi) is 7.48. The van der Waals surface area contributed by atoms with Crippen LogP contribution >= 0.6 is 0 Å². The first-order chi connectivity index (χ1) is 7.55. The summed E-state index contributed by atoms with van der Waals surface area (Å²) in [7, 11) is 2.08. The average Bonchev–Trinajstić information content (AvgIpc) is 2.30.